The van der Waals surface area contributed by atoms with Crippen LogP contribution in [-0.2, 0) is 4.79 Å². The Labute approximate surface area is 151 Å². The molecule has 0 aromatic carbocycles. The van der Waals surface area contributed by atoms with Crippen LogP contribution in [0.2, 0.25) is 0 Å². The third-order valence-electron chi connectivity index (χ3n) is 4.91. The SMILES string of the molecule is C[C@@H]1CCC[C@H](C)N1C(=O)[C@H](C)n1nc(-c2cccs2)cc(N)c1=O. The number of nitrogens with zero attached hydrogens (tertiary/aromatic N) is 3. The van der Waals surface area contributed by atoms with E-state index in [0.29, 0.717) is 5.69 Å². The van der Waals surface area contributed by atoms with Gasteiger partial charge in [0.25, 0.3) is 5.56 Å². The third-order valence-corrected chi connectivity index (χ3v) is 5.80. The molecule has 0 aliphatic carbocycles. The summed E-state index contributed by atoms with van der Waals surface area (Å²) in [4.78, 5) is 28.4. The van der Waals surface area contributed by atoms with Crippen molar-refractivity contribution in [2.24, 2.45) is 0 Å². The summed E-state index contributed by atoms with van der Waals surface area (Å²) in [5.41, 5.74) is 6.21. The number of nitrogen functional groups attached to an aromatic ring is 1. The highest BCUT2D eigenvalue weighted by Crippen LogP contribution is 2.26. The van der Waals surface area contributed by atoms with E-state index in [0.717, 1.165) is 24.1 Å². The highest BCUT2D eigenvalue weighted by Gasteiger charge is 2.33. The number of aromatic nitrogens is 2. The molecule has 3 atom stereocenters. The van der Waals surface area contributed by atoms with Crippen molar-refractivity contribution in [2.45, 2.75) is 58.2 Å². The van der Waals surface area contributed by atoms with Gasteiger partial charge in [-0.2, -0.15) is 5.10 Å². The third kappa shape index (κ3) is 3.33. The van der Waals surface area contributed by atoms with Crippen molar-refractivity contribution in [2.75, 3.05) is 5.73 Å². The quantitative estimate of drug-likeness (QED) is 0.912. The fourth-order valence-corrected chi connectivity index (χ4v) is 4.20. The Balaban J connectivity index is 1.97. The maximum Gasteiger partial charge on any atom is 0.290 e. The molecular weight excluding hydrogens is 336 g/mol. The Hall–Kier alpha value is -2.15. The standard InChI is InChI=1S/C18H24N4O2S/c1-11-6-4-7-12(2)21(11)17(23)13(3)22-18(24)14(19)10-15(20-22)16-8-5-9-25-16/h5,8-13H,4,6-7,19H2,1-3H3/t11-,12+,13-/m0/s1. The van der Waals surface area contributed by atoms with E-state index in [9.17, 15) is 9.59 Å². The number of piperidine rings is 1. The summed E-state index contributed by atoms with van der Waals surface area (Å²) >= 11 is 1.52. The molecule has 2 N–H and O–H groups in total. The van der Waals surface area contributed by atoms with Gasteiger partial charge in [0.15, 0.2) is 0 Å². The molecule has 2 aromatic rings. The molecule has 25 heavy (non-hydrogen) atoms. The number of nitrogens with two attached hydrogens (primary N) is 1. The summed E-state index contributed by atoms with van der Waals surface area (Å²) in [6.45, 7) is 5.85. The smallest absolute Gasteiger partial charge is 0.290 e. The van der Waals surface area contributed by atoms with Gasteiger partial charge in [-0.05, 0) is 57.5 Å². The number of anilines is 1. The zero-order chi connectivity index (χ0) is 18.1. The van der Waals surface area contributed by atoms with E-state index in [4.69, 9.17) is 5.73 Å². The maximum absolute atomic E-state index is 13.1. The molecule has 0 bridgehead atoms. The molecule has 2 aromatic heterocycles. The van der Waals surface area contributed by atoms with E-state index in [1.165, 1.54) is 16.0 Å². The zero-order valence-corrected chi connectivity index (χ0v) is 15.6. The molecule has 0 radical (unpaired) electrons. The predicted octanol–water partition coefficient (Wildman–Crippen LogP) is 2.90. The Kier molecular flexibility index (Phi) is 4.94. The van der Waals surface area contributed by atoms with Gasteiger partial charge >= 0.3 is 0 Å². The number of carbonyl (C=O) groups excluding carboxylic acids is 1. The first-order chi connectivity index (χ1) is 11.9. The first-order valence-corrected chi connectivity index (χ1v) is 9.53. The largest absolute Gasteiger partial charge is 0.394 e. The van der Waals surface area contributed by atoms with Crippen LogP contribution in [0.3, 0.4) is 0 Å². The molecule has 1 aliphatic rings. The minimum atomic E-state index is -0.683. The number of hydrogen-bond donors (Lipinski definition) is 1. The first-order valence-electron chi connectivity index (χ1n) is 8.65. The number of rotatable bonds is 3. The van der Waals surface area contributed by atoms with Crippen molar-refractivity contribution >= 4 is 22.9 Å². The molecule has 0 spiro atoms. The van der Waals surface area contributed by atoms with E-state index >= 15 is 0 Å². The lowest BCUT2D eigenvalue weighted by Crippen LogP contribution is -2.51. The number of likely N-dealkylation sites (tertiary alicyclic amines) is 1. The van der Waals surface area contributed by atoms with E-state index in [1.54, 1.807) is 13.0 Å². The second-order valence-corrected chi connectivity index (χ2v) is 7.71. The molecule has 3 rings (SSSR count). The monoisotopic (exact) mass is 360 g/mol. The highest BCUT2D eigenvalue weighted by atomic mass is 32.1. The topological polar surface area (TPSA) is 81.2 Å². The van der Waals surface area contributed by atoms with Gasteiger partial charge in [0.05, 0.1) is 4.88 Å². The van der Waals surface area contributed by atoms with Crippen LogP contribution in [0.15, 0.2) is 28.4 Å². The van der Waals surface area contributed by atoms with Crippen LogP contribution >= 0.6 is 11.3 Å². The van der Waals surface area contributed by atoms with E-state index in [-0.39, 0.29) is 23.7 Å². The first kappa shape index (κ1) is 17.7. The van der Waals surface area contributed by atoms with Crippen LogP contribution in [-0.4, -0.2) is 32.7 Å². The normalized spacial score (nSPS) is 22.0. The second kappa shape index (κ2) is 7.00. The molecule has 1 aliphatic heterocycles. The van der Waals surface area contributed by atoms with Crippen LogP contribution in [0.1, 0.15) is 46.1 Å². The molecule has 6 nitrogen and oxygen atoms in total. The minimum absolute atomic E-state index is 0.0722. The second-order valence-electron chi connectivity index (χ2n) is 6.76. The molecule has 1 saturated heterocycles. The summed E-state index contributed by atoms with van der Waals surface area (Å²) in [7, 11) is 0. The van der Waals surface area contributed by atoms with E-state index in [1.807, 2.05) is 22.4 Å². The van der Waals surface area contributed by atoms with Crippen molar-refractivity contribution in [1.29, 1.82) is 0 Å². The number of carbonyl (C=O) groups is 1. The Morgan fingerprint density at radius 1 is 1.36 bits per heavy atom. The van der Waals surface area contributed by atoms with Crippen LogP contribution in [0.25, 0.3) is 10.6 Å². The van der Waals surface area contributed by atoms with Gasteiger partial charge in [0.1, 0.15) is 17.4 Å². The Morgan fingerprint density at radius 3 is 2.64 bits per heavy atom. The number of amides is 1. The molecule has 0 saturated carbocycles. The van der Waals surface area contributed by atoms with Crippen LogP contribution in [0, 0.1) is 0 Å². The lowest BCUT2D eigenvalue weighted by atomic mass is 9.96. The van der Waals surface area contributed by atoms with Crippen molar-refractivity contribution in [3.05, 3.63) is 33.9 Å². The van der Waals surface area contributed by atoms with Gasteiger partial charge in [0.2, 0.25) is 5.91 Å². The summed E-state index contributed by atoms with van der Waals surface area (Å²) in [6.07, 6.45) is 3.10. The van der Waals surface area contributed by atoms with E-state index in [2.05, 4.69) is 18.9 Å². The summed E-state index contributed by atoms with van der Waals surface area (Å²) < 4.78 is 1.24. The van der Waals surface area contributed by atoms with Gasteiger partial charge in [-0.15, -0.1) is 11.3 Å². The van der Waals surface area contributed by atoms with Gasteiger partial charge in [0, 0.05) is 12.1 Å². The maximum atomic E-state index is 13.1. The summed E-state index contributed by atoms with van der Waals surface area (Å²) in [5, 5.41) is 6.37. The van der Waals surface area contributed by atoms with Crippen LogP contribution in [0.4, 0.5) is 5.69 Å². The fourth-order valence-electron chi connectivity index (χ4n) is 3.51. The molecule has 0 unspecified atom stereocenters. The predicted molar refractivity (Wildman–Crippen MR) is 101 cm³/mol. The Morgan fingerprint density at radius 2 is 2.04 bits per heavy atom. The van der Waals surface area contributed by atoms with Crippen LogP contribution in [0.5, 0.6) is 0 Å². The van der Waals surface area contributed by atoms with Crippen molar-refractivity contribution in [3.63, 3.8) is 0 Å². The van der Waals surface area contributed by atoms with Gasteiger partial charge in [-0.1, -0.05) is 6.07 Å². The van der Waals surface area contributed by atoms with Gasteiger partial charge < -0.3 is 10.6 Å². The van der Waals surface area contributed by atoms with Gasteiger partial charge in [-0.25, -0.2) is 4.68 Å². The molecule has 3 heterocycles. The lowest BCUT2D eigenvalue weighted by molar-refractivity contribution is -0.140. The van der Waals surface area contributed by atoms with Crippen molar-refractivity contribution < 1.29 is 4.79 Å². The van der Waals surface area contributed by atoms with Crippen LogP contribution < -0.4 is 11.3 Å². The van der Waals surface area contributed by atoms with Crippen molar-refractivity contribution in [1.82, 2.24) is 14.7 Å². The minimum Gasteiger partial charge on any atom is -0.394 e. The number of hydrogen-bond acceptors (Lipinski definition) is 5. The Bertz CT molecular complexity index is 805. The average molecular weight is 360 g/mol. The lowest BCUT2D eigenvalue weighted by Gasteiger charge is -2.40. The zero-order valence-electron chi connectivity index (χ0n) is 14.8. The molecule has 1 fully saturated rings. The molecule has 134 valence electrons. The average Bonchev–Trinajstić information content (AvgIpc) is 3.11. The summed E-state index contributed by atoms with van der Waals surface area (Å²) in [6, 6.07) is 5.08. The van der Waals surface area contributed by atoms with E-state index < -0.39 is 11.6 Å². The molecule has 7 heteroatoms. The van der Waals surface area contributed by atoms with Gasteiger partial charge in [-0.3, -0.25) is 9.59 Å². The highest BCUT2D eigenvalue weighted by molar-refractivity contribution is 7.13. The van der Waals surface area contributed by atoms with Crippen molar-refractivity contribution in [3.8, 4) is 10.6 Å². The molecular formula is C18H24N4O2S. The fraction of sp³-hybridized carbons (Fsp3) is 0.500. The number of thiophene rings is 1. The molecule has 1 amide bonds. The summed E-state index contributed by atoms with van der Waals surface area (Å²) in [5.74, 6) is -0.0722.